The first-order chi connectivity index (χ1) is 17.6. The molecule has 37 heavy (non-hydrogen) atoms. The van der Waals surface area contributed by atoms with E-state index in [2.05, 4.69) is 20.0 Å². The highest BCUT2D eigenvalue weighted by molar-refractivity contribution is 7.99. The Balaban J connectivity index is 2.02. The minimum Gasteiger partial charge on any atom is -0.318 e. The van der Waals surface area contributed by atoms with Crippen molar-refractivity contribution in [1.82, 2.24) is 0 Å². The van der Waals surface area contributed by atoms with E-state index in [0.717, 1.165) is 0 Å². The number of Topliss-reactive ketones (excluding diaryl/α,β-unsaturated/α-hetero) is 2. The van der Waals surface area contributed by atoms with E-state index in [1.165, 1.54) is 37.4 Å². The van der Waals surface area contributed by atoms with Crippen LogP contribution in [0.3, 0.4) is 0 Å². The molecule has 0 N–H and O–H groups in total. The first-order valence-electron chi connectivity index (χ1n) is 11.4. The highest BCUT2D eigenvalue weighted by atomic mass is 32.2. The van der Waals surface area contributed by atoms with Crippen LogP contribution in [0.1, 0.15) is 68.2 Å². The van der Waals surface area contributed by atoms with Crippen molar-refractivity contribution in [2.45, 2.75) is 57.3 Å². The van der Waals surface area contributed by atoms with E-state index in [1.807, 2.05) is 0 Å². The van der Waals surface area contributed by atoms with Crippen LogP contribution in [0.2, 0.25) is 0 Å². The maximum atomic E-state index is 13.0. The summed E-state index contributed by atoms with van der Waals surface area (Å²) >= 11 is 1.29. The van der Waals surface area contributed by atoms with Gasteiger partial charge in [0.15, 0.2) is 0 Å². The average molecular weight is 524 g/mol. The summed E-state index contributed by atoms with van der Waals surface area (Å²) in [7, 11) is 0. The van der Waals surface area contributed by atoms with Gasteiger partial charge in [0.25, 0.3) is 0 Å². The van der Waals surface area contributed by atoms with Gasteiger partial charge in [-0.05, 0) is 49.2 Å². The second kappa shape index (κ2) is 11.7. The molecule has 1 heterocycles. The lowest BCUT2D eigenvalue weighted by molar-refractivity contribution is -0.141. The number of carbonyl (C=O) groups is 5. The van der Waals surface area contributed by atoms with E-state index in [-0.39, 0.29) is 30.2 Å². The molecule has 11 heteroatoms. The lowest BCUT2D eigenvalue weighted by Crippen LogP contribution is -2.26. The number of nitrogens with zero attached hydrogens (tertiary/aromatic N) is 3. The van der Waals surface area contributed by atoms with Crippen LogP contribution in [0, 0.1) is 0 Å². The molecule has 0 bridgehead atoms. The molecule has 192 valence electrons. The number of anilines is 2. The zero-order chi connectivity index (χ0) is 27.3. The molecule has 0 aliphatic carbocycles. The smallest absolute Gasteiger partial charge is 0.318 e. The fraction of sp³-hybridized carbons (Fsp3) is 0.269. The van der Waals surface area contributed by atoms with E-state index in [1.54, 1.807) is 50.2 Å². The molecule has 3 rings (SSSR count). The highest BCUT2D eigenvalue weighted by Gasteiger charge is 2.29. The van der Waals surface area contributed by atoms with Crippen molar-refractivity contribution >= 4 is 64.0 Å². The Morgan fingerprint density at radius 1 is 0.730 bits per heavy atom. The van der Waals surface area contributed by atoms with Crippen LogP contribution in [0.25, 0.3) is 0 Å². The average Bonchev–Trinajstić information content (AvgIpc) is 2.86. The van der Waals surface area contributed by atoms with Gasteiger partial charge in [0, 0.05) is 41.7 Å². The fourth-order valence-corrected chi connectivity index (χ4v) is 4.67. The molecule has 0 unspecified atom stereocenters. The van der Waals surface area contributed by atoms with Gasteiger partial charge in [-0.1, -0.05) is 35.9 Å². The molecule has 1 aliphatic rings. The number of rotatable bonds is 8. The maximum Gasteiger partial charge on any atom is 0.331 e. The van der Waals surface area contributed by atoms with Crippen LogP contribution in [0.4, 0.5) is 11.4 Å². The zero-order valence-corrected chi connectivity index (χ0v) is 21.8. The first-order valence-corrected chi connectivity index (χ1v) is 12.2. The Kier molecular flexibility index (Phi) is 8.72. The number of hydrogen-bond acceptors (Lipinski definition) is 10. The number of amides is 1. The molecule has 0 fully saturated rings. The normalized spacial score (nSPS) is 12.8. The van der Waals surface area contributed by atoms with Gasteiger partial charge in [-0.2, -0.15) is 0 Å². The topological polar surface area (TPSA) is 132 Å². The van der Waals surface area contributed by atoms with Crippen LogP contribution in [0.5, 0.6) is 0 Å². The van der Waals surface area contributed by atoms with Gasteiger partial charge in [0.2, 0.25) is 17.5 Å². The number of carbonyl (C=O) groups excluding carboxylic acids is 5. The number of benzene rings is 2. The minimum absolute atomic E-state index is 0.0758. The standard InChI is InChI=1S/C26H25N3O7S/c1-6-19(27-35-15(4)31)25(33)17-8-10-21-23(12-17)37-24-13-18(9-11-22(24)29(21)14(3)30)26(34)20(7-2)28-36-16(5)32/h8-13H,6-7H2,1-5H3/b27-19+,28-20+. The van der Waals surface area contributed by atoms with Crippen molar-refractivity contribution in [1.29, 1.82) is 0 Å². The number of ketones is 2. The summed E-state index contributed by atoms with van der Waals surface area (Å²) in [5, 5.41) is 7.31. The second-order valence-electron chi connectivity index (χ2n) is 7.93. The largest absolute Gasteiger partial charge is 0.331 e. The zero-order valence-electron chi connectivity index (χ0n) is 21.0. The van der Waals surface area contributed by atoms with Crippen LogP contribution < -0.4 is 4.90 Å². The first kappa shape index (κ1) is 27.5. The molecular weight excluding hydrogens is 498 g/mol. The summed E-state index contributed by atoms with van der Waals surface area (Å²) in [6.07, 6.45) is 0.498. The van der Waals surface area contributed by atoms with Crippen LogP contribution in [0.15, 0.2) is 56.5 Å². The fourth-order valence-electron chi connectivity index (χ4n) is 3.54. The van der Waals surface area contributed by atoms with Gasteiger partial charge in [-0.15, -0.1) is 0 Å². The molecule has 0 saturated heterocycles. The molecule has 1 aliphatic heterocycles. The molecular formula is C26H25N3O7S. The number of hydrogen-bond donors (Lipinski definition) is 0. The monoisotopic (exact) mass is 523 g/mol. The van der Waals surface area contributed by atoms with Gasteiger partial charge in [-0.3, -0.25) is 19.3 Å². The van der Waals surface area contributed by atoms with Gasteiger partial charge in [-0.25, -0.2) is 9.59 Å². The summed E-state index contributed by atoms with van der Waals surface area (Å²) in [6, 6.07) is 9.76. The summed E-state index contributed by atoms with van der Waals surface area (Å²) in [5.74, 6) is -2.35. The van der Waals surface area contributed by atoms with E-state index in [9.17, 15) is 24.0 Å². The van der Waals surface area contributed by atoms with Crippen molar-refractivity contribution < 1.29 is 33.6 Å². The van der Waals surface area contributed by atoms with Crippen LogP contribution in [-0.2, 0) is 24.1 Å². The summed E-state index contributed by atoms with van der Waals surface area (Å²) in [5.41, 5.74) is 1.93. The number of fused-ring (bicyclic) bond motifs is 2. The lowest BCUT2D eigenvalue weighted by atomic mass is 10.0. The van der Waals surface area contributed by atoms with Crippen molar-refractivity contribution in [3.63, 3.8) is 0 Å². The predicted octanol–water partition coefficient (Wildman–Crippen LogP) is 4.86. The molecule has 1 amide bonds. The maximum absolute atomic E-state index is 13.0. The second-order valence-corrected chi connectivity index (χ2v) is 9.01. The SMILES string of the molecule is CC/C(=N\OC(C)=O)C(=O)c1ccc2c(c1)Sc1cc(C(=O)/C(CC)=N/OC(C)=O)ccc1N2C(C)=O. The molecule has 10 nitrogen and oxygen atoms in total. The van der Waals surface area contributed by atoms with Crippen LogP contribution in [-0.4, -0.2) is 40.8 Å². The molecule has 2 aromatic carbocycles. The van der Waals surface area contributed by atoms with Gasteiger partial charge < -0.3 is 9.68 Å². The summed E-state index contributed by atoms with van der Waals surface area (Å²) < 4.78 is 0. The highest BCUT2D eigenvalue weighted by Crippen LogP contribution is 2.49. The summed E-state index contributed by atoms with van der Waals surface area (Å²) in [6.45, 7) is 7.23. The third-order valence-electron chi connectivity index (χ3n) is 5.22. The quantitative estimate of drug-likeness (QED) is 0.207. The Bertz CT molecular complexity index is 1270. The van der Waals surface area contributed by atoms with Crippen LogP contribution >= 0.6 is 11.8 Å². The van der Waals surface area contributed by atoms with E-state index < -0.39 is 23.5 Å². The Morgan fingerprint density at radius 2 is 1.14 bits per heavy atom. The third-order valence-corrected chi connectivity index (χ3v) is 6.32. The number of oxime groups is 2. The molecule has 0 atom stereocenters. The molecule has 2 aromatic rings. The summed E-state index contributed by atoms with van der Waals surface area (Å²) in [4.78, 5) is 72.8. The van der Waals surface area contributed by atoms with E-state index in [4.69, 9.17) is 0 Å². The van der Waals surface area contributed by atoms with Crippen molar-refractivity contribution in [3.8, 4) is 0 Å². The minimum atomic E-state index is -0.636. The van der Waals surface area contributed by atoms with E-state index in [0.29, 0.717) is 32.3 Å². The van der Waals surface area contributed by atoms with Gasteiger partial charge in [0.1, 0.15) is 11.4 Å². The van der Waals surface area contributed by atoms with Crippen molar-refractivity contribution in [3.05, 3.63) is 47.5 Å². The Hall–Kier alpha value is -4.12. The van der Waals surface area contributed by atoms with Gasteiger partial charge >= 0.3 is 11.9 Å². The van der Waals surface area contributed by atoms with Gasteiger partial charge in [0.05, 0.1) is 11.4 Å². The predicted molar refractivity (Wildman–Crippen MR) is 137 cm³/mol. The Labute approximate surface area is 217 Å². The molecule has 0 saturated carbocycles. The molecule has 0 spiro atoms. The molecule has 0 aromatic heterocycles. The lowest BCUT2D eigenvalue weighted by Gasteiger charge is -2.30. The molecule has 0 radical (unpaired) electrons. The third kappa shape index (κ3) is 6.18. The van der Waals surface area contributed by atoms with Crippen molar-refractivity contribution in [2.24, 2.45) is 10.3 Å². The van der Waals surface area contributed by atoms with Crippen molar-refractivity contribution in [2.75, 3.05) is 4.90 Å². The van der Waals surface area contributed by atoms with E-state index >= 15 is 0 Å². The Morgan fingerprint density at radius 3 is 1.46 bits per heavy atom.